The maximum Gasteiger partial charge on any atom is 0.415 e. The Morgan fingerprint density at radius 3 is 0.936 bits per heavy atom. The van der Waals surface area contributed by atoms with Crippen LogP contribution in [0.4, 0.5) is 4.79 Å². The molecule has 410 valence electrons. The number of likely N-dealkylation sites (N-methyl/N-ethyl adjacent to an activating group) is 1. The van der Waals surface area contributed by atoms with Gasteiger partial charge in [0.15, 0.2) is 0 Å². The van der Waals surface area contributed by atoms with E-state index in [2.05, 4.69) is 4.90 Å². The van der Waals surface area contributed by atoms with Crippen molar-refractivity contribution in [1.82, 2.24) is 9.80 Å². The number of aromatic nitrogens is 6. The number of esters is 2. The third-order valence-corrected chi connectivity index (χ3v) is 13.6. The molecule has 1 saturated heterocycles. The van der Waals surface area contributed by atoms with E-state index < -0.39 is 18.0 Å². The number of carbonyl (C=O) groups excluding carboxylic acids is 3. The molecule has 0 atom stereocenters. The third-order valence-electron chi connectivity index (χ3n) is 13.6. The molecule has 20 heteroatoms. The predicted octanol–water partition coefficient (Wildman–Crippen LogP) is 7.77. The fraction of sp³-hybridized carbons (Fsp3) is 0.328. The lowest BCUT2D eigenvalue weighted by Crippen LogP contribution is -2.48. The van der Waals surface area contributed by atoms with Crippen LogP contribution >= 0.6 is 0 Å². The first-order valence-electron chi connectivity index (χ1n) is 24.6. The maximum absolute atomic E-state index is 13.1. The average molecular weight is 1070 g/mol. The minimum Gasteiger partial charge on any atom is -0.617 e. The summed E-state index contributed by atoms with van der Waals surface area (Å²) in [6.45, 7) is 20.7. The summed E-state index contributed by atoms with van der Waals surface area (Å²) in [5.41, 5.74) is 7.72. The lowest BCUT2D eigenvalue weighted by atomic mass is 10.1. The van der Waals surface area contributed by atoms with Crippen molar-refractivity contribution in [2.24, 2.45) is 11.8 Å². The number of benzene rings is 6. The number of aryl methyl sites for hydroxylation is 6. The Balaban J connectivity index is 0.000000188. The van der Waals surface area contributed by atoms with Gasteiger partial charge in [-0.2, -0.15) is 28.4 Å². The molecule has 1 amide bonds. The number of carbonyl (C=O) groups is 3. The molecular formula is C58H66N8O12. The van der Waals surface area contributed by atoms with E-state index in [4.69, 9.17) is 14.2 Å². The van der Waals surface area contributed by atoms with E-state index in [1.165, 1.54) is 30.3 Å². The Morgan fingerprint density at radius 1 is 0.410 bits per heavy atom. The lowest BCUT2D eigenvalue weighted by Gasteiger charge is -2.31. The van der Waals surface area contributed by atoms with Gasteiger partial charge in [0.05, 0.1) is 11.8 Å². The molecule has 0 saturated carbocycles. The van der Waals surface area contributed by atoms with Gasteiger partial charge in [0.2, 0.25) is 17.2 Å². The van der Waals surface area contributed by atoms with E-state index in [0.29, 0.717) is 36.7 Å². The van der Waals surface area contributed by atoms with Crippen LogP contribution < -0.4 is 42.6 Å². The molecule has 4 heterocycles. The first kappa shape index (κ1) is 58.4. The number of ether oxygens (including phenoxy) is 3. The molecule has 1 aliphatic rings. The molecule has 1 aliphatic heterocycles. The third kappa shape index (κ3) is 11.0. The SMILES string of the molecule is C.C.Cc1cc2c(cc1C)[n+]([O-])c1c(OC(=O)C(C)C)cccc1[n+]2[O-].Cc1cc2c(cc1C)[n+]([O-])c1c(OC(=O)C(C)C)cccc1[n+]2[O-].Cc1cc2c(cc1C)[n+]([O-])c1c(OC(=O)N3CCN(C)CC3)cccc1[n+]2[O-]. The summed E-state index contributed by atoms with van der Waals surface area (Å²) in [7, 11) is 2.00. The Morgan fingerprint density at radius 2 is 0.667 bits per heavy atom. The summed E-state index contributed by atoms with van der Waals surface area (Å²) in [5.74, 6) is -1.34. The zero-order valence-electron chi connectivity index (χ0n) is 44.1. The molecule has 0 aliphatic carbocycles. The molecule has 78 heavy (non-hydrogen) atoms. The Labute approximate surface area is 451 Å². The average Bonchev–Trinajstić information content (AvgIpc) is 3.45. The molecule has 0 unspecified atom stereocenters. The summed E-state index contributed by atoms with van der Waals surface area (Å²) < 4.78 is 20.3. The minimum atomic E-state index is -0.516. The van der Waals surface area contributed by atoms with Crippen molar-refractivity contribution in [2.75, 3.05) is 33.2 Å². The second kappa shape index (κ2) is 23.1. The number of fused-ring (bicyclic) bond motifs is 6. The van der Waals surface area contributed by atoms with E-state index in [9.17, 15) is 45.6 Å². The second-order valence-corrected chi connectivity index (χ2v) is 19.7. The van der Waals surface area contributed by atoms with Crippen LogP contribution in [0.1, 0.15) is 75.9 Å². The van der Waals surface area contributed by atoms with Crippen molar-refractivity contribution < 1.29 is 57.0 Å². The van der Waals surface area contributed by atoms with Crippen LogP contribution in [0.3, 0.4) is 0 Å². The van der Waals surface area contributed by atoms with Crippen molar-refractivity contribution in [3.05, 3.63) is 156 Å². The zero-order valence-corrected chi connectivity index (χ0v) is 44.1. The van der Waals surface area contributed by atoms with Gasteiger partial charge in [0.25, 0.3) is 49.7 Å². The molecule has 6 aromatic carbocycles. The van der Waals surface area contributed by atoms with Crippen LogP contribution in [0, 0.1) is 84.6 Å². The molecule has 0 N–H and O–H groups in total. The molecule has 10 rings (SSSR count). The quantitative estimate of drug-likeness (QED) is 0.0526. The fourth-order valence-electron chi connectivity index (χ4n) is 8.57. The summed E-state index contributed by atoms with van der Waals surface area (Å²) in [4.78, 5) is 40.1. The Bertz CT molecular complexity index is 3680. The van der Waals surface area contributed by atoms with Crippen molar-refractivity contribution in [3.8, 4) is 17.2 Å². The minimum absolute atomic E-state index is 0. The van der Waals surface area contributed by atoms with Gasteiger partial charge >= 0.3 is 34.6 Å². The van der Waals surface area contributed by atoms with Gasteiger partial charge < -0.3 is 55.3 Å². The van der Waals surface area contributed by atoms with Crippen molar-refractivity contribution in [3.63, 3.8) is 0 Å². The number of rotatable bonds is 5. The van der Waals surface area contributed by atoms with Gasteiger partial charge in [-0.25, -0.2) is 4.79 Å². The van der Waals surface area contributed by atoms with Crippen LogP contribution in [0.25, 0.3) is 66.2 Å². The Hall–Kier alpha value is -8.91. The molecular weight excluding hydrogens is 1000 g/mol. The van der Waals surface area contributed by atoms with Crippen LogP contribution in [-0.4, -0.2) is 61.1 Å². The van der Waals surface area contributed by atoms with Gasteiger partial charge in [-0.05, 0) is 100 Å². The number of piperazine rings is 1. The summed E-state index contributed by atoms with van der Waals surface area (Å²) in [5, 5.41) is 77.1. The number of hydrogen-bond donors (Lipinski definition) is 0. The zero-order chi connectivity index (χ0) is 55.2. The molecule has 1 fully saturated rings. The largest absolute Gasteiger partial charge is 0.617 e. The van der Waals surface area contributed by atoms with E-state index in [1.807, 2.05) is 48.6 Å². The fourth-order valence-corrected chi connectivity index (χ4v) is 8.57. The van der Waals surface area contributed by atoms with E-state index in [-0.39, 0.29) is 110 Å². The van der Waals surface area contributed by atoms with Crippen LogP contribution in [0.5, 0.6) is 17.2 Å². The highest BCUT2D eigenvalue weighted by molar-refractivity contribution is 5.87. The number of amides is 1. The maximum atomic E-state index is 13.1. The molecule has 9 aromatic rings. The lowest BCUT2D eigenvalue weighted by molar-refractivity contribution is -0.591. The van der Waals surface area contributed by atoms with Crippen LogP contribution in [-0.2, 0) is 9.59 Å². The first-order chi connectivity index (χ1) is 36.0. The van der Waals surface area contributed by atoms with Crippen molar-refractivity contribution in [1.29, 1.82) is 0 Å². The van der Waals surface area contributed by atoms with Gasteiger partial charge in [-0.15, -0.1) is 0 Å². The molecule has 0 radical (unpaired) electrons. The van der Waals surface area contributed by atoms with Crippen molar-refractivity contribution >= 4 is 84.2 Å². The number of para-hydroxylation sites is 3. The van der Waals surface area contributed by atoms with Crippen LogP contribution in [0.2, 0.25) is 0 Å². The second-order valence-electron chi connectivity index (χ2n) is 19.7. The standard InChI is InChI=1S/C20H22N4O4.2C18H18N2O4.2CH4/c1-13-11-16-17(12-14(13)2)24(27)19-15(23(16)26)5-4-6-18(19)28-20(25)22-9-7-21(3)8-10-22;2*1-10(2)18(21)24-16-7-5-6-13-17(16)20(23)15-9-12(4)11(3)8-14(15)19(13)22;;/h4-6,11-12H,7-10H2,1-3H3;2*5-10H,1-4H3;2*1H4. The topological polar surface area (TPSA) is 247 Å². The predicted molar refractivity (Wildman–Crippen MR) is 296 cm³/mol. The van der Waals surface area contributed by atoms with Crippen LogP contribution in [0.15, 0.2) is 91.0 Å². The smallest absolute Gasteiger partial charge is 0.415 e. The summed E-state index contributed by atoms with van der Waals surface area (Å²) in [6.07, 6.45) is -0.516. The highest BCUT2D eigenvalue weighted by atomic mass is 16.6. The van der Waals surface area contributed by atoms with Gasteiger partial charge in [-0.3, -0.25) is 9.59 Å². The van der Waals surface area contributed by atoms with Crippen molar-refractivity contribution in [2.45, 2.75) is 84.1 Å². The molecule has 3 aromatic heterocycles. The normalized spacial score (nSPS) is 12.5. The summed E-state index contributed by atoms with van der Waals surface area (Å²) in [6, 6.07) is 24.1. The highest BCUT2D eigenvalue weighted by Crippen LogP contribution is 2.28. The summed E-state index contributed by atoms with van der Waals surface area (Å²) >= 11 is 0. The number of hydrogen-bond acceptors (Lipinski definition) is 13. The van der Waals surface area contributed by atoms with Gasteiger partial charge in [-0.1, -0.05) is 60.7 Å². The first-order valence-corrected chi connectivity index (χ1v) is 24.6. The van der Waals surface area contributed by atoms with E-state index in [1.54, 1.807) is 93.3 Å². The monoisotopic (exact) mass is 1070 g/mol. The van der Waals surface area contributed by atoms with Gasteiger partial charge in [0, 0.05) is 80.8 Å². The number of nitrogens with zero attached hydrogens (tertiary/aromatic N) is 8. The molecule has 0 bridgehead atoms. The van der Waals surface area contributed by atoms with E-state index >= 15 is 0 Å². The Kier molecular flexibility index (Phi) is 17.3. The highest BCUT2D eigenvalue weighted by Gasteiger charge is 2.31. The molecule has 20 nitrogen and oxygen atoms in total. The van der Waals surface area contributed by atoms with E-state index in [0.717, 1.165) is 51.2 Å². The molecule has 0 spiro atoms. The van der Waals surface area contributed by atoms with Gasteiger partial charge in [0.1, 0.15) is 0 Å².